The smallest absolute Gasteiger partial charge is 0.251 e. The highest BCUT2D eigenvalue weighted by Crippen LogP contribution is 2.10. The van der Waals surface area contributed by atoms with Crippen LogP contribution in [0.25, 0.3) is 0 Å². The van der Waals surface area contributed by atoms with Gasteiger partial charge in [-0.2, -0.15) is 0 Å². The van der Waals surface area contributed by atoms with Gasteiger partial charge in [0.05, 0.1) is 0 Å². The van der Waals surface area contributed by atoms with Gasteiger partial charge in [0.15, 0.2) is 0 Å². The topological polar surface area (TPSA) is 46.2 Å². The molecule has 19 heavy (non-hydrogen) atoms. The summed E-state index contributed by atoms with van der Waals surface area (Å²) < 4.78 is 1.01. The molecule has 0 bridgehead atoms. The molecular formula is C15H12BrNO2. The molecule has 96 valence electrons. The van der Waals surface area contributed by atoms with Crippen LogP contribution in [0.2, 0.25) is 0 Å². The molecule has 1 N–H and O–H groups in total. The highest BCUT2D eigenvalue weighted by Gasteiger charge is 2.04. The van der Waals surface area contributed by atoms with Gasteiger partial charge in [0, 0.05) is 22.1 Å². The Morgan fingerprint density at radius 2 is 1.68 bits per heavy atom. The second-order valence-corrected chi connectivity index (χ2v) is 4.96. The molecule has 0 heterocycles. The molecule has 0 aliphatic rings. The summed E-state index contributed by atoms with van der Waals surface area (Å²) in [6, 6.07) is 14.3. The first-order valence-electron chi connectivity index (χ1n) is 5.77. The van der Waals surface area contributed by atoms with Gasteiger partial charge in [-0.3, -0.25) is 9.59 Å². The summed E-state index contributed by atoms with van der Waals surface area (Å²) in [5, 5.41) is 2.83. The van der Waals surface area contributed by atoms with Crippen molar-refractivity contribution in [3.05, 3.63) is 69.7 Å². The van der Waals surface area contributed by atoms with Gasteiger partial charge < -0.3 is 5.32 Å². The number of carbonyl (C=O) groups excluding carboxylic acids is 2. The zero-order chi connectivity index (χ0) is 13.7. The Balaban J connectivity index is 1.96. The zero-order valence-electron chi connectivity index (χ0n) is 10.1. The molecule has 0 aliphatic carbocycles. The number of halogens is 1. The van der Waals surface area contributed by atoms with E-state index in [1.807, 2.05) is 24.3 Å². The molecule has 0 saturated carbocycles. The van der Waals surface area contributed by atoms with E-state index in [0.29, 0.717) is 17.7 Å². The van der Waals surface area contributed by atoms with E-state index < -0.39 is 0 Å². The van der Waals surface area contributed by atoms with E-state index in [2.05, 4.69) is 21.2 Å². The molecule has 0 aromatic heterocycles. The first-order valence-corrected chi connectivity index (χ1v) is 6.56. The van der Waals surface area contributed by atoms with Crippen molar-refractivity contribution in [3.8, 4) is 0 Å². The molecule has 2 rings (SSSR count). The molecule has 2 aromatic rings. The monoisotopic (exact) mass is 317 g/mol. The number of nitrogens with one attached hydrogen (secondary N) is 1. The van der Waals surface area contributed by atoms with Gasteiger partial charge in [-0.25, -0.2) is 0 Å². The van der Waals surface area contributed by atoms with Crippen molar-refractivity contribution in [2.45, 2.75) is 6.54 Å². The highest BCUT2D eigenvalue weighted by atomic mass is 79.9. The van der Waals surface area contributed by atoms with E-state index in [9.17, 15) is 9.59 Å². The van der Waals surface area contributed by atoms with Gasteiger partial charge in [0.1, 0.15) is 6.29 Å². The first kappa shape index (κ1) is 13.5. The Kier molecular flexibility index (Phi) is 4.47. The highest BCUT2D eigenvalue weighted by molar-refractivity contribution is 9.10. The van der Waals surface area contributed by atoms with Crippen LogP contribution in [0, 0.1) is 0 Å². The molecule has 0 saturated heterocycles. The largest absolute Gasteiger partial charge is 0.348 e. The van der Waals surface area contributed by atoms with Crippen LogP contribution >= 0.6 is 15.9 Å². The molecule has 0 aliphatic heterocycles. The molecule has 0 radical (unpaired) electrons. The molecule has 0 unspecified atom stereocenters. The lowest BCUT2D eigenvalue weighted by molar-refractivity contribution is 0.0950. The maximum atomic E-state index is 11.9. The maximum Gasteiger partial charge on any atom is 0.251 e. The third-order valence-corrected chi connectivity index (χ3v) is 3.20. The normalized spacial score (nSPS) is 9.95. The zero-order valence-corrected chi connectivity index (χ0v) is 11.7. The molecule has 1 amide bonds. The average Bonchev–Trinajstić information content (AvgIpc) is 2.46. The van der Waals surface area contributed by atoms with Crippen LogP contribution in [-0.2, 0) is 6.54 Å². The summed E-state index contributed by atoms with van der Waals surface area (Å²) in [6.07, 6.45) is 0.753. The lowest BCUT2D eigenvalue weighted by Gasteiger charge is -2.05. The molecule has 3 nitrogen and oxygen atoms in total. The van der Waals surface area contributed by atoms with Crippen LogP contribution in [-0.4, -0.2) is 12.2 Å². The first-order chi connectivity index (χ1) is 9.19. The second-order valence-electron chi connectivity index (χ2n) is 4.05. The van der Waals surface area contributed by atoms with Crippen molar-refractivity contribution in [1.29, 1.82) is 0 Å². The minimum atomic E-state index is -0.152. The van der Waals surface area contributed by atoms with Gasteiger partial charge in [0.2, 0.25) is 0 Å². The standard InChI is InChI=1S/C15H12BrNO2/c16-14-7-3-11(4-8-14)9-17-15(19)13-5-1-12(10-18)2-6-13/h1-8,10H,9H2,(H,17,19). The summed E-state index contributed by atoms with van der Waals surface area (Å²) in [4.78, 5) is 22.4. The Bertz CT molecular complexity index is 576. The van der Waals surface area contributed by atoms with Gasteiger partial charge in [0.25, 0.3) is 5.91 Å². The summed E-state index contributed by atoms with van der Waals surface area (Å²) in [6.45, 7) is 0.474. The van der Waals surface area contributed by atoms with E-state index in [4.69, 9.17) is 0 Å². The number of benzene rings is 2. The minimum absolute atomic E-state index is 0.152. The van der Waals surface area contributed by atoms with Crippen molar-refractivity contribution < 1.29 is 9.59 Å². The van der Waals surface area contributed by atoms with Crippen molar-refractivity contribution in [2.24, 2.45) is 0 Å². The molecule has 0 atom stereocenters. The number of amides is 1. The van der Waals surface area contributed by atoms with Gasteiger partial charge in [-0.05, 0) is 29.8 Å². The summed E-state index contributed by atoms with van der Waals surface area (Å²) in [7, 11) is 0. The Morgan fingerprint density at radius 1 is 1.05 bits per heavy atom. The number of carbonyl (C=O) groups is 2. The molecule has 0 fully saturated rings. The van der Waals surface area contributed by atoms with E-state index in [1.165, 1.54) is 0 Å². The lowest BCUT2D eigenvalue weighted by Crippen LogP contribution is -2.22. The van der Waals surface area contributed by atoms with E-state index in [1.54, 1.807) is 24.3 Å². The average molecular weight is 318 g/mol. The maximum absolute atomic E-state index is 11.9. The van der Waals surface area contributed by atoms with Crippen LogP contribution in [0.15, 0.2) is 53.0 Å². The summed E-state index contributed by atoms with van der Waals surface area (Å²) >= 11 is 3.36. The van der Waals surface area contributed by atoms with Crippen LogP contribution in [0.1, 0.15) is 26.3 Å². The molecule has 2 aromatic carbocycles. The van der Waals surface area contributed by atoms with Crippen LogP contribution in [0.3, 0.4) is 0 Å². The van der Waals surface area contributed by atoms with Crippen LogP contribution in [0.4, 0.5) is 0 Å². The third kappa shape index (κ3) is 3.76. The molecule has 4 heteroatoms. The Labute approximate surface area is 119 Å². The SMILES string of the molecule is O=Cc1ccc(C(=O)NCc2ccc(Br)cc2)cc1. The minimum Gasteiger partial charge on any atom is -0.348 e. The fourth-order valence-corrected chi connectivity index (χ4v) is 1.86. The van der Waals surface area contributed by atoms with Crippen molar-refractivity contribution in [2.75, 3.05) is 0 Å². The van der Waals surface area contributed by atoms with Gasteiger partial charge >= 0.3 is 0 Å². The number of rotatable bonds is 4. The van der Waals surface area contributed by atoms with Crippen molar-refractivity contribution in [3.63, 3.8) is 0 Å². The lowest BCUT2D eigenvalue weighted by atomic mass is 10.1. The van der Waals surface area contributed by atoms with E-state index >= 15 is 0 Å². The summed E-state index contributed by atoms with van der Waals surface area (Å²) in [5.74, 6) is -0.152. The van der Waals surface area contributed by atoms with Crippen molar-refractivity contribution in [1.82, 2.24) is 5.32 Å². The fraction of sp³-hybridized carbons (Fsp3) is 0.0667. The number of aldehydes is 1. The Morgan fingerprint density at radius 3 is 2.26 bits per heavy atom. The number of hydrogen-bond acceptors (Lipinski definition) is 2. The quantitative estimate of drug-likeness (QED) is 0.880. The van der Waals surface area contributed by atoms with E-state index in [-0.39, 0.29) is 5.91 Å². The van der Waals surface area contributed by atoms with E-state index in [0.717, 1.165) is 16.3 Å². The fourth-order valence-electron chi connectivity index (χ4n) is 1.60. The van der Waals surface area contributed by atoms with Crippen LogP contribution in [0.5, 0.6) is 0 Å². The Hall–Kier alpha value is -1.94. The van der Waals surface area contributed by atoms with Gasteiger partial charge in [-0.1, -0.05) is 40.2 Å². The second kappa shape index (κ2) is 6.29. The molecule has 0 spiro atoms. The number of hydrogen-bond donors (Lipinski definition) is 1. The van der Waals surface area contributed by atoms with Crippen molar-refractivity contribution >= 4 is 28.1 Å². The summed E-state index contributed by atoms with van der Waals surface area (Å²) in [5.41, 5.74) is 2.13. The third-order valence-electron chi connectivity index (χ3n) is 2.68. The predicted molar refractivity (Wildman–Crippen MR) is 77.1 cm³/mol. The van der Waals surface area contributed by atoms with Gasteiger partial charge in [-0.15, -0.1) is 0 Å². The molecular weight excluding hydrogens is 306 g/mol. The predicted octanol–water partition coefficient (Wildman–Crippen LogP) is 3.19. The van der Waals surface area contributed by atoms with Crippen LogP contribution < -0.4 is 5.32 Å².